The average Bonchev–Trinajstić information content (AvgIpc) is 2.61. The molecule has 0 atom stereocenters. The zero-order valence-corrected chi connectivity index (χ0v) is 13.5. The Hall–Kier alpha value is -2.84. The van der Waals surface area contributed by atoms with Crippen LogP contribution in [-0.4, -0.2) is 25.7 Å². The Morgan fingerprint density at radius 2 is 1.96 bits per heavy atom. The topological polar surface area (TPSA) is 59.6 Å². The van der Waals surface area contributed by atoms with Crippen LogP contribution < -0.4 is 20.1 Å². The smallest absolute Gasteiger partial charge is 0.243 e. The number of fused-ring (bicyclic) bond motifs is 1. The van der Waals surface area contributed by atoms with Crippen molar-refractivity contribution in [2.75, 3.05) is 30.4 Å². The maximum absolute atomic E-state index is 12.1. The van der Waals surface area contributed by atoms with Gasteiger partial charge in [-0.25, -0.2) is 0 Å². The van der Waals surface area contributed by atoms with Crippen LogP contribution in [0.4, 0.5) is 11.4 Å². The predicted octanol–water partition coefficient (Wildman–Crippen LogP) is 3.14. The van der Waals surface area contributed by atoms with Gasteiger partial charge in [-0.15, -0.1) is 6.42 Å². The molecule has 0 unspecified atom stereocenters. The van der Waals surface area contributed by atoms with Crippen LogP contribution in [0, 0.1) is 12.3 Å². The summed E-state index contributed by atoms with van der Waals surface area (Å²) < 4.78 is 10.9. The second kappa shape index (κ2) is 7.16. The van der Waals surface area contributed by atoms with Gasteiger partial charge in [-0.1, -0.05) is 23.6 Å². The van der Waals surface area contributed by atoms with Gasteiger partial charge in [0.1, 0.15) is 13.2 Å². The first-order chi connectivity index (χ1) is 11.7. The number of carbonyl (C=O) groups excluding carboxylic acids is 1. The van der Waals surface area contributed by atoms with Crippen molar-refractivity contribution in [2.45, 2.75) is 0 Å². The van der Waals surface area contributed by atoms with Crippen LogP contribution in [0.1, 0.15) is 5.56 Å². The number of hydrogen-bond donors (Lipinski definition) is 2. The molecule has 1 amide bonds. The van der Waals surface area contributed by atoms with Gasteiger partial charge >= 0.3 is 0 Å². The molecule has 0 saturated heterocycles. The molecule has 3 rings (SSSR count). The molecule has 5 nitrogen and oxygen atoms in total. The van der Waals surface area contributed by atoms with E-state index >= 15 is 0 Å². The van der Waals surface area contributed by atoms with E-state index in [4.69, 9.17) is 27.5 Å². The first kappa shape index (κ1) is 16.0. The van der Waals surface area contributed by atoms with Crippen molar-refractivity contribution in [3.8, 4) is 23.8 Å². The molecule has 24 heavy (non-hydrogen) atoms. The Labute approximate surface area is 144 Å². The molecule has 6 heteroatoms. The standard InChI is InChI=1S/C18H15ClN2O3/c1-2-12-4-3-5-13(8-12)20-11-18(22)21-15-10-17-16(9-14(15)19)23-6-7-24-17/h1,3-5,8-10,20H,6-7,11H2,(H,21,22). The lowest BCUT2D eigenvalue weighted by Crippen LogP contribution is -2.22. The number of amides is 1. The number of anilines is 2. The Morgan fingerprint density at radius 3 is 2.71 bits per heavy atom. The zero-order chi connectivity index (χ0) is 16.9. The van der Waals surface area contributed by atoms with Crippen LogP contribution in [0.15, 0.2) is 36.4 Å². The van der Waals surface area contributed by atoms with Gasteiger partial charge in [0.2, 0.25) is 5.91 Å². The van der Waals surface area contributed by atoms with Crippen molar-refractivity contribution in [1.29, 1.82) is 0 Å². The molecule has 2 N–H and O–H groups in total. The fourth-order valence-electron chi connectivity index (χ4n) is 2.26. The normalized spacial score (nSPS) is 12.2. The summed E-state index contributed by atoms with van der Waals surface area (Å²) in [4.78, 5) is 12.1. The molecule has 1 heterocycles. The fourth-order valence-corrected chi connectivity index (χ4v) is 2.46. The Bertz CT molecular complexity index is 814. The average molecular weight is 343 g/mol. The highest BCUT2D eigenvalue weighted by Gasteiger charge is 2.16. The maximum atomic E-state index is 12.1. The van der Waals surface area contributed by atoms with E-state index in [0.29, 0.717) is 35.4 Å². The quantitative estimate of drug-likeness (QED) is 0.838. The zero-order valence-electron chi connectivity index (χ0n) is 12.8. The van der Waals surface area contributed by atoms with E-state index in [-0.39, 0.29) is 12.5 Å². The summed E-state index contributed by atoms with van der Waals surface area (Å²) in [7, 11) is 0. The first-order valence-electron chi connectivity index (χ1n) is 7.35. The van der Waals surface area contributed by atoms with Gasteiger partial charge in [-0.05, 0) is 18.2 Å². The number of ether oxygens (including phenoxy) is 2. The minimum Gasteiger partial charge on any atom is -0.486 e. The van der Waals surface area contributed by atoms with Gasteiger partial charge < -0.3 is 20.1 Å². The number of rotatable bonds is 4. The number of nitrogens with one attached hydrogen (secondary N) is 2. The molecule has 2 aromatic carbocycles. The van der Waals surface area contributed by atoms with Gasteiger partial charge in [0.15, 0.2) is 11.5 Å². The highest BCUT2D eigenvalue weighted by atomic mass is 35.5. The Balaban J connectivity index is 1.63. The highest BCUT2D eigenvalue weighted by Crippen LogP contribution is 2.37. The summed E-state index contributed by atoms with van der Waals surface area (Å²) in [6, 6.07) is 10.6. The van der Waals surface area contributed by atoms with E-state index in [1.54, 1.807) is 18.2 Å². The maximum Gasteiger partial charge on any atom is 0.243 e. The number of carbonyl (C=O) groups is 1. The second-order valence-corrected chi connectivity index (χ2v) is 5.51. The minimum absolute atomic E-state index is 0.0821. The molecule has 0 bridgehead atoms. The van der Waals surface area contributed by atoms with E-state index < -0.39 is 0 Å². The number of terminal acetylenes is 1. The minimum atomic E-state index is -0.236. The number of hydrogen-bond acceptors (Lipinski definition) is 4. The van der Waals surface area contributed by atoms with Crippen molar-refractivity contribution in [3.63, 3.8) is 0 Å². The monoisotopic (exact) mass is 342 g/mol. The second-order valence-electron chi connectivity index (χ2n) is 5.10. The van der Waals surface area contributed by atoms with Crippen LogP contribution in [0.3, 0.4) is 0 Å². The largest absolute Gasteiger partial charge is 0.486 e. The highest BCUT2D eigenvalue weighted by molar-refractivity contribution is 6.34. The molecule has 1 aliphatic rings. The SMILES string of the molecule is C#Cc1cccc(NCC(=O)Nc2cc3c(cc2Cl)OCCO3)c1. The van der Waals surface area contributed by atoms with E-state index in [1.165, 1.54) is 0 Å². The number of benzene rings is 2. The first-order valence-corrected chi connectivity index (χ1v) is 7.73. The van der Waals surface area contributed by atoms with Crippen LogP contribution in [0.25, 0.3) is 0 Å². The molecule has 0 spiro atoms. The lowest BCUT2D eigenvalue weighted by atomic mass is 10.2. The van der Waals surface area contributed by atoms with Crippen molar-refractivity contribution < 1.29 is 14.3 Å². The van der Waals surface area contributed by atoms with Crippen molar-refractivity contribution in [2.24, 2.45) is 0 Å². The molecule has 0 radical (unpaired) electrons. The van der Waals surface area contributed by atoms with Crippen LogP contribution in [0.2, 0.25) is 5.02 Å². The van der Waals surface area contributed by atoms with E-state index in [2.05, 4.69) is 16.6 Å². The summed E-state index contributed by atoms with van der Waals surface area (Å²) in [6.45, 7) is 1.03. The third kappa shape index (κ3) is 3.73. The lowest BCUT2D eigenvalue weighted by molar-refractivity contribution is -0.114. The van der Waals surface area contributed by atoms with E-state index in [0.717, 1.165) is 11.3 Å². The molecular weight excluding hydrogens is 328 g/mol. The Kier molecular flexibility index (Phi) is 4.78. The molecular formula is C18H15ClN2O3. The van der Waals surface area contributed by atoms with Crippen LogP contribution >= 0.6 is 11.6 Å². The molecule has 2 aromatic rings. The predicted molar refractivity (Wildman–Crippen MR) is 93.9 cm³/mol. The van der Waals surface area contributed by atoms with Gasteiger partial charge in [0.05, 0.1) is 17.3 Å². The third-order valence-electron chi connectivity index (χ3n) is 3.39. The molecule has 0 saturated carbocycles. The molecule has 0 fully saturated rings. The summed E-state index contributed by atoms with van der Waals surface area (Å²) in [5.74, 6) is 3.45. The molecule has 122 valence electrons. The molecule has 0 aromatic heterocycles. The number of halogens is 1. The van der Waals surface area contributed by atoms with Gasteiger partial charge in [-0.3, -0.25) is 4.79 Å². The summed E-state index contributed by atoms with van der Waals surface area (Å²) in [5, 5.41) is 6.16. The Morgan fingerprint density at radius 1 is 1.21 bits per heavy atom. The summed E-state index contributed by atoms with van der Waals surface area (Å²) >= 11 is 6.17. The third-order valence-corrected chi connectivity index (χ3v) is 3.70. The van der Waals surface area contributed by atoms with Crippen molar-refractivity contribution in [3.05, 3.63) is 47.0 Å². The lowest BCUT2D eigenvalue weighted by Gasteiger charge is -2.20. The summed E-state index contributed by atoms with van der Waals surface area (Å²) in [5.41, 5.74) is 1.99. The van der Waals surface area contributed by atoms with E-state index in [1.807, 2.05) is 18.2 Å². The van der Waals surface area contributed by atoms with Crippen LogP contribution in [0.5, 0.6) is 11.5 Å². The van der Waals surface area contributed by atoms with Gasteiger partial charge in [0.25, 0.3) is 0 Å². The molecule has 0 aliphatic carbocycles. The summed E-state index contributed by atoms with van der Waals surface area (Å²) in [6.07, 6.45) is 5.36. The van der Waals surface area contributed by atoms with E-state index in [9.17, 15) is 4.79 Å². The van der Waals surface area contributed by atoms with Crippen molar-refractivity contribution in [1.82, 2.24) is 0 Å². The van der Waals surface area contributed by atoms with Crippen LogP contribution in [-0.2, 0) is 4.79 Å². The fraction of sp³-hybridized carbons (Fsp3) is 0.167. The molecule has 1 aliphatic heterocycles. The van der Waals surface area contributed by atoms with Gasteiger partial charge in [-0.2, -0.15) is 0 Å². The van der Waals surface area contributed by atoms with Gasteiger partial charge in [0, 0.05) is 23.4 Å². The van der Waals surface area contributed by atoms with Crippen molar-refractivity contribution >= 4 is 28.9 Å².